The summed E-state index contributed by atoms with van der Waals surface area (Å²) in [5, 5.41) is 5.70. The van der Waals surface area contributed by atoms with Crippen LogP contribution < -0.4 is 24.8 Å². The van der Waals surface area contributed by atoms with E-state index in [1.165, 1.54) is 0 Å². The molecule has 3 rings (SSSR count). The van der Waals surface area contributed by atoms with Gasteiger partial charge in [-0.3, -0.25) is 0 Å². The molecule has 0 bridgehead atoms. The predicted octanol–water partition coefficient (Wildman–Crippen LogP) is 3.70. The highest BCUT2D eigenvalue weighted by Crippen LogP contribution is 2.34. The van der Waals surface area contributed by atoms with Crippen molar-refractivity contribution in [3.63, 3.8) is 0 Å². The summed E-state index contributed by atoms with van der Waals surface area (Å²) < 4.78 is 16.0. The number of hydrogen-bond acceptors (Lipinski definition) is 4. The molecule has 2 amide bonds. The Bertz CT molecular complexity index is 715. The molecule has 0 saturated heterocycles. The Labute approximate surface area is 140 Å². The van der Waals surface area contributed by atoms with E-state index in [2.05, 4.69) is 10.6 Å². The van der Waals surface area contributed by atoms with E-state index in [0.29, 0.717) is 18.0 Å². The molecule has 2 aromatic carbocycles. The number of carbonyl (C=O) groups is 1. The van der Waals surface area contributed by atoms with Gasteiger partial charge in [0.2, 0.25) is 6.79 Å². The van der Waals surface area contributed by atoms with E-state index in [0.717, 1.165) is 17.1 Å². The number of fused-ring (bicyclic) bond motifs is 1. The lowest BCUT2D eigenvalue weighted by Gasteiger charge is -2.15. The first kappa shape index (κ1) is 16.0. The molecule has 2 N–H and O–H groups in total. The molecule has 0 aromatic heterocycles. The van der Waals surface area contributed by atoms with E-state index in [9.17, 15) is 4.79 Å². The van der Waals surface area contributed by atoms with Crippen LogP contribution in [-0.4, -0.2) is 19.4 Å². The number of amides is 2. The molecule has 126 valence electrons. The van der Waals surface area contributed by atoms with Crippen molar-refractivity contribution in [1.82, 2.24) is 5.32 Å². The summed E-state index contributed by atoms with van der Waals surface area (Å²) in [7, 11) is 0. The maximum atomic E-state index is 12.1. The van der Waals surface area contributed by atoms with Crippen LogP contribution in [-0.2, 0) is 0 Å². The molecule has 6 heteroatoms. The van der Waals surface area contributed by atoms with Gasteiger partial charge in [-0.05, 0) is 55.8 Å². The van der Waals surface area contributed by atoms with E-state index in [-0.39, 0.29) is 18.9 Å². The molecule has 6 nitrogen and oxygen atoms in total. The van der Waals surface area contributed by atoms with Gasteiger partial charge in [-0.2, -0.15) is 0 Å². The van der Waals surface area contributed by atoms with Gasteiger partial charge in [0.05, 0.1) is 12.6 Å². The SMILES string of the molecule is CCOc1ccc(NC(=O)N[C@H](C)c2ccc3c(c2)OCO3)cc1. The van der Waals surface area contributed by atoms with Gasteiger partial charge in [0, 0.05) is 5.69 Å². The topological polar surface area (TPSA) is 68.8 Å². The van der Waals surface area contributed by atoms with E-state index in [1.54, 1.807) is 12.1 Å². The number of urea groups is 1. The second-order valence-electron chi connectivity index (χ2n) is 5.39. The van der Waals surface area contributed by atoms with Crippen molar-refractivity contribution in [3.05, 3.63) is 48.0 Å². The van der Waals surface area contributed by atoms with Crippen molar-refractivity contribution < 1.29 is 19.0 Å². The van der Waals surface area contributed by atoms with Gasteiger partial charge in [0.1, 0.15) is 5.75 Å². The number of hydrogen-bond donors (Lipinski definition) is 2. The van der Waals surface area contributed by atoms with Crippen LogP contribution in [0.5, 0.6) is 17.2 Å². The van der Waals surface area contributed by atoms with Crippen LogP contribution in [0.15, 0.2) is 42.5 Å². The summed E-state index contributed by atoms with van der Waals surface area (Å²) in [5.74, 6) is 2.20. The largest absolute Gasteiger partial charge is 0.494 e. The van der Waals surface area contributed by atoms with Crippen LogP contribution in [0.2, 0.25) is 0 Å². The first-order valence-corrected chi connectivity index (χ1v) is 7.85. The fourth-order valence-electron chi connectivity index (χ4n) is 2.43. The summed E-state index contributed by atoms with van der Waals surface area (Å²) in [6.45, 7) is 4.69. The Morgan fingerprint density at radius 3 is 2.67 bits per heavy atom. The lowest BCUT2D eigenvalue weighted by Crippen LogP contribution is -2.31. The zero-order chi connectivity index (χ0) is 16.9. The van der Waals surface area contributed by atoms with Crippen LogP contribution in [0.25, 0.3) is 0 Å². The third-order valence-electron chi connectivity index (χ3n) is 3.67. The zero-order valence-corrected chi connectivity index (χ0v) is 13.7. The van der Waals surface area contributed by atoms with E-state index < -0.39 is 0 Å². The monoisotopic (exact) mass is 328 g/mol. The Kier molecular flexibility index (Phi) is 4.74. The lowest BCUT2D eigenvalue weighted by molar-refractivity contribution is 0.174. The molecule has 1 atom stereocenters. The van der Waals surface area contributed by atoms with E-state index in [4.69, 9.17) is 14.2 Å². The fourth-order valence-corrected chi connectivity index (χ4v) is 2.43. The Balaban J connectivity index is 1.57. The molecule has 2 aromatic rings. The Morgan fingerprint density at radius 1 is 1.17 bits per heavy atom. The molecule has 0 unspecified atom stereocenters. The number of carbonyl (C=O) groups excluding carboxylic acids is 1. The molecule has 24 heavy (non-hydrogen) atoms. The summed E-state index contributed by atoms with van der Waals surface area (Å²) >= 11 is 0. The molecule has 0 radical (unpaired) electrons. The lowest BCUT2D eigenvalue weighted by atomic mass is 10.1. The number of rotatable bonds is 5. The van der Waals surface area contributed by atoms with Gasteiger partial charge in [0.25, 0.3) is 0 Å². The third-order valence-corrected chi connectivity index (χ3v) is 3.67. The first-order valence-electron chi connectivity index (χ1n) is 7.85. The van der Waals surface area contributed by atoms with E-state index >= 15 is 0 Å². The summed E-state index contributed by atoms with van der Waals surface area (Å²) in [6, 6.07) is 12.4. The average molecular weight is 328 g/mol. The zero-order valence-electron chi connectivity index (χ0n) is 13.7. The van der Waals surface area contributed by atoms with Crippen LogP contribution in [0.1, 0.15) is 25.5 Å². The van der Waals surface area contributed by atoms with Crippen molar-refractivity contribution >= 4 is 11.7 Å². The van der Waals surface area contributed by atoms with Gasteiger partial charge in [-0.15, -0.1) is 0 Å². The molecule has 0 spiro atoms. The molecular weight excluding hydrogens is 308 g/mol. The van der Waals surface area contributed by atoms with Gasteiger partial charge in [-0.1, -0.05) is 6.07 Å². The van der Waals surface area contributed by atoms with Crippen molar-refractivity contribution in [3.8, 4) is 17.2 Å². The minimum absolute atomic E-state index is 0.165. The van der Waals surface area contributed by atoms with E-state index in [1.807, 2.05) is 44.2 Å². The normalized spacial score (nSPS) is 13.2. The summed E-state index contributed by atoms with van der Waals surface area (Å²) in [4.78, 5) is 12.1. The second-order valence-corrected chi connectivity index (χ2v) is 5.39. The standard InChI is InChI=1S/C18H20N2O4/c1-3-22-15-7-5-14(6-8-15)20-18(21)19-12(2)13-4-9-16-17(10-13)24-11-23-16/h4-10,12H,3,11H2,1-2H3,(H2,19,20,21)/t12-/m1/s1. The van der Waals surface area contributed by atoms with Crippen molar-refractivity contribution in [2.45, 2.75) is 19.9 Å². The van der Waals surface area contributed by atoms with Crippen LogP contribution in [0, 0.1) is 0 Å². The van der Waals surface area contributed by atoms with Crippen molar-refractivity contribution in [2.24, 2.45) is 0 Å². The maximum Gasteiger partial charge on any atom is 0.319 e. The molecule has 0 fully saturated rings. The Hall–Kier alpha value is -2.89. The molecule has 0 saturated carbocycles. The van der Waals surface area contributed by atoms with Crippen LogP contribution in [0.3, 0.4) is 0 Å². The van der Waals surface area contributed by atoms with Gasteiger partial charge in [-0.25, -0.2) is 4.79 Å². The van der Waals surface area contributed by atoms with Crippen LogP contribution in [0.4, 0.5) is 10.5 Å². The predicted molar refractivity (Wildman–Crippen MR) is 90.7 cm³/mol. The summed E-state index contributed by atoms with van der Waals surface area (Å²) in [5.41, 5.74) is 1.65. The first-order chi connectivity index (χ1) is 11.7. The quantitative estimate of drug-likeness (QED) is 0.878. The summed E-state index contributed by atoms with van der Waals surface area (Å²) in [6.07, 6.45) is 0. The molecule has 1 aliphatic heterocycles. The number of ether oxygens (including phenoxy) is 3. The van der Waals surface area contributed by atoms with Crippen molar-refractivity contribution in [2.75, 3.05) is 18.7 Å². The second kappa shape index (κ2) is 7.12. The smallest absolute Gasteiger partial charge is 0.319 e. The molecule has 0 aliphatic carbocycles. The highest BCUT2D eigenvalue weighted by atomic mass is 16.7. The molecule has 1 heterocycles. The Morgan fingerprint density at radius 2 is 1.92 bits per heavy atom. The minimum Gasteiger partial charge on any atom is -0.494 e. The third kappa shape index (κ3) is 3.71. The number of anilines is 1. The molecule has 1 aliphatic rings. The minimum atomic E-state index is -0.274. The van der Waals surface area contributed by atoms with Gasteiger partial charge in [0.15, 0.2) is 11.5 Å². The highest BCUT2D eigenvalue weighted by Gasteiger charge is 2.16. The van der Waals surface area contributed by atoms with Crippen molar-refractivity contribution in [1.29, 1.82) is 0 Å². The average Bonchev–Trinajstić information content (AvgIpc) is 3.04. The fraction of sp³-hybridized carbons (Fsp3) is 0.278. The maximum absolute atomic E-state index is 12.1. The van der Waals surface area contributed by atoms with Gasteiger partial charge >= 0.3 is 6.03 Å². The highest BCUT2D eigenvalue weighted by molar-refractivity contribution is 5.89. The number of benzene rings is 2. The number of nitrogens with one attached hydrogen (secondary N) is 2. The van der Waals surface area contributed by atoms with Crippen LogP contribution >= 0.6 is 0 Å². The van der Waals surface area contributed by atoms with Gasteiger partial charge < -0.3 is 24.8 Å². The molecular formula is C18H20N2O4.